The Labute approximate surface area is 106 Å². The van der Waals surface area contributed by atoms with Crippen molar-refractivity contribution >= 4 is 0 Å². The molecule has 1 saturated carbocycles. The van der Waals surface area contributed by atoms with E-state index >= 15 is 0 Å². The number of hydrogen-bond acceptors (Lipinski definition) is 3. The SMILES string of the molecule is COc1ccc(F)c(C2(O)CCC(CO)CC2)c1. The van der Waals surface area contributed by atoms with E-state index in [1.807, 2.05) is 0 Å². The van der Waals surface area contributed by atoms with Gasteiger partial charge in [-0.05, 0) is 49.8 Å². The van der Waals surface area contributed by atoms with Gasteiger partial charge < -0.3 is 14.9 Å². The molecule has 0 atom stereocenters. The summed E-state index contributed by atoms with van der Waals surface area (Å²) in [7, 11) is 1.52. The van der Waals surface area contributed by atoms with Crippen LogP contribution >= 0.6 is 0 Å². The zero-order valence-corrected chi connectivity index (χ0v) is 10.5. The zero-order valence-electron chi connectivity index (χ0n) is 10.5. The summed E-state index contributed by atoms with van der Waals surface area (Å²) >= 11 is 0. The Bertz CT molecular complexity index is 412. The van der Waals surface area contributed by atoms with E-state index < -0.39 is 11.4 Å². The normalized spacial score (nSPS) is 28.1. The fourth-order valence-corrected chi connectivity index (χ4v) is 2.60. The molecule has 1 aromatic rings. The molecule has 18 heavy (non-hydrogen) atoms. The highest BCUT2D eigenvalue weighted by Gasteiger charge is 2.36. The number of ether oxygens (including phenoxy) is 1. The largest absolute Gasteiger partial charge is 0.497 e. The highest BCUT2D eigenvalue weighted by atomic mass is 19.1. The molecule has 2 rings (SSSR count). The number of halogens is 1. The highest BCUT2D eigenvalue weighted by molar-refractivity contribution is 5.34. The average molecular weight is 254 g/mol. The minimum Gasteiger partial charge on any atom is -0.497 e. The van der Waals surface area contributed by atoms with Crippen molar-refractivity contribution < 1.29 is 19.3 Å². The van der Waals surface area contributed by atoms with Crippen molar-refractivity contribution in [2.24, 2.45) is 5.92 Å². The lowest BCUT2D eigenvalue weighted by Gasteiger charge is -2.36. The van der Waals surface area contributed by atoms with Crippen LogP contribution in [0.25, 0.3) is 0 Å². The molecule has 3 nitrogen and oxygen atoms in total. The van der Waals surface area contributed by atoms with Crippen molar-refractivity contribution in [3.8, 4) is 5.75 Å². The number of methoxy groups -OCH3 is 1. The van der Waals surface area contributed by atoms with E-state index in [-0.39, 0.29) is 12.5 Å². The number of benzene rings is 1. The van der Waals surface area contributed by atoms with Crippen LogP contribution in [0.3, 0.4) is 0 Å². The Morgan fingerprint density at radius 3 is 2.61 bits per heavy atom. The van der Waals surface area contributed by atoms with E-state index in [4.69, 9.17) is 9.84 Å². The van der Waals surface area contributed by atoms with Crippen LogP contribution in [0.4, 0.5) is 4.39 Å². The summed E-state index contributed by atoms with van der Waals surface area (Å²) in [6.07, 6.45) is 2.37. The summed E-state index contributed by atoms with van der Waals surface area (Å²) < 4.78 is 18.9. The summed E-state index contributed by atoms with van der Waals surface area (Å²) in [5.74, 6) is 0.365. The summed E-state index contributed by atoms with van der Waals surface area (Å²) in [5.41, 5.74) is -0.831. The monoisotopic (exact) mass is 254 g/mol. The van der Waals surface area contributed by atoms with Crippen LogP contribution in [0.5, 0.6) is 5.75 Å². The molecule has 2 N–H and O–H groups in total. The van der Waals surface area contributed by atoms with Crippen LogP contribution in [-0.4, -0.2) is 23.9 Å². The van der Waals surface area contributed by atoms with E-state index in [9.17, 15) is 9.50 Å². The third-order valence-corrected chi connectivity index (χ3v) is 3.87. The number of aliphatic hydroxyl groups is 2. The Kier molecular flexibility index (Phi) is 3.88. The van der Waals surface area contributed by atoms with Crippen LogP contribution < -0.4 is 4.74 Å². The molecule has 0 spiro atoms. The van der Waals surface area contributed by atoms with E-state index in [1.165, 1.54) is 13.2 Å². The van der Waals surface area contributed by atoms with Gasteiger partial charge in [0.05, 0.1) is 12.7 Å². The predicted octanol–water partition coefficient (Wildman–Crippen LogP) is 2.20. The maximum absolute atomic E-state index is 13.8. The van der Waals surface area contributed by atoms with Crippen molar-refractivity contribution in [1.82, 2.24) is 0 Å². The number of rotatable bonds is 3. The molecule has 0 saturated heterocycles. The van der Waals surface area contributed by atoms with Crippen LogP contribution in [0, 0.1) is 11.7 Å². The van der Waals surface area contributed by atoms with Crippen molar-refractivity contribution in [2.75, 3.05) is 13.7 Å². The quantitative estimate of drug-likeness (QED) is 0.869. The van der Waals surface area contributed by atoms with Gasteiger partial charge in [0.2, 0.25) is 0 Å². The molecule has 1 aliphatic carbocycles. The fraction of sp³-hybridized carbons (Fsp3) is 0.571. The fourth-order valence-electron chi connectivity index (χ4n) is 2.60. The molecule has 100 valence electrons. The van der Waals surface area contributed by atoms with Gasteiger partial charge in [0.1, 0.15) is 11.6 Å². The lowest BCUT2D eigenvalue weighted by molar-refractivity contribution is -0.0239. The molecule has 1 aromatic carbocycles. The number of hydrogen-bond donors (Lipinski definition) is 2. The zero-order chi connectivity index (χ0) is 13.2. The van der Waals surface area contributed by atoms with E-state index in [0.29, 0.717) is 37.0 Å². The summed E-state index contributed by atoms with van der Waals surface area (Å²) in [5, 5.41) is 19.7. The number of aliphatic hydroxyl groups excluding tert-OH is 1. The molecular formula is C14H19FO3. The molecule has 1 aliphatic rings. The van der Waals surface area contributed by atoms with Gasteiger partial charge >= 0.3 is 0 Å². The van der Waals surface area contributed by atoms with Crippen molar-refractivity contribution in [2.45, 2.75) is 31.3 Å². The molecule has 0 bridgehead atoms. The van der Waals surface area contributed by atoms with Gasteiger partial charge in [-0.2, -0.15) is 0 Å². The second-order valence-electron chi connectivity index (χ2n) is 5.00. The van der Waals surface area contributed by atoms with Gasteiger partial charge in [-0.15, -0.1) is 0 Å². The Morgan fingerprint density at radius 2 is 2.06 bits per heavy atom. The molecular weight excluding hydrogens is 235 g/mol. The van der Waals surface area contributed by atoms with Crippen LogP contribution in [0.2, 0.25) is 0 Å². The molecule has 0 heterocycles. The molecule has 0 unspecified atom stereocenters. The van der Waals surface area contributed by atoms with Crippen molar-refractivity contribution in [3.05, 3.63) is 29.6 Å². The molecule has 0 aromatic heterocycles. The lowest BCUT2D eigenvalue weighted by Crippen LogP contribution is -2.33. The van der Waals surface area contributed by atoms with Gasteiger partial charge in [-0.25, -0.2) is 4.39 Å². The molecule has 0 amide bonds. The van der Waals surface area contributed by atoms with Gasteiger partial charge in [-0.3, -0.25) is 0 Å². The Morgan fingerprint density at radius 1 is 1.39 bits per heavy atom. The third-order valence-electron chi connectivity index (χ3n) is 3.87. The lowest BCUT2D eigenvalue weighted by atomic mass is 9.75. The Hall–Kier alpha value is -1.13. The minimum atomic E-state index is -1.13. The second kappa shape index (κ2) is 5.24. The smallest absolute Gasteiger partial charge is 0.129 e. The first-order chi connectivity index (χ1) is 8.59. The third kappa shape index (κ3) is 2.49. The van der Waals surface area contributed by atoms with Crippen LogP contribution in [0.15, 0.2) is 18.2 Å². The maximum atomic E-state index is 13.8. The molecule has 0 radical (unpaired) electrons. The molecule has 4 heteroatoms. The summed E-state index contributed by atoms with van der Waals surface area (Å²) in [6.45, 7) is 0.136. The first-order valence-corrected chi connectivity index (χ1v) is 6.26. The van der Waals surface area contributed by atoms with Crippen molar-refractivity contribution in [1.29, 1.82) is 0 Å². The van der Waals surface area contributed by atoms with Crippen LogP contribution in [-0.2, 0) is 5.60 Å². The topological polar surface area (TPSA) is 49.7 Å². The first-order valence-electron chi connectivity index (χ1n) is 6.26. The Balaban J connectivity index is 2.25. The van der Waals surface area contributed by atoms with Gasteiger partial charge in [0.15, 0.2) is 0 Å². The maximum Gasteiger partial charge on any atom is 0.129 e. The van der Waals surface area contributed by atoms with Gasteiger partial charge in [0.25, 0.3) is 0 Å². The predicted molar refractivity (Wildman–Crippen MR) is 65.9 cm³/mol. The average Bonchev–Trinajstić information content (AvgIpc) is 2.40. The first kappa shape index (κ1) is 13.3. The molecule has 0 aliphatic heterocycles. The van der Waals surface area contributed by atoms with Crippen molar-refractivity contribution in [3.63, 3.8) is 0 Å². The highest BCUT2D eigenvalue weighted by Crippen LogP contribution is 2.41. The van der Waals surface area contributed by atoms with E-state index in [0.717, 1.165) is 0 Å². The van der Waals surface area contributed by atoms with E-state index in [1.54, 1.807) is 12.1 Å². The van der Waals surface area contributed by atoms with Crippen LogP contribution in [0.1, 0.15) is 31.2 Å². The molecule has 1 fully saturated rings. The van der Waals surface area contributed by atoms with Gasteiger partial charge in [0, 0.05) is 12.2 Å². The minimum absolute atomic E-state index is 0.136. The second-order valence-corrected chi connectivity index (χ2v) is 5.00. The van der Waals surface area contributed by atoms with E-state index in [2.05, 4.69) is 0 Å². The summed E-state index contributed by atoms with van der Waals surface area (Å²) in [6, 6.07) is 4.43. The summed E-state index contributed by atoms with van der Waals surface area (Å²) in [4.78, 5) is 0. The standard InChI is InChI=1S/C14H19FO3/c1-18-11-2-3-13(15)12(8-11)14(17)6-4-10(9-16)5-7-14/h2-3,8,10,16-17H,4-7,9H2,1H3. The van der Waals surface area contributed by atoms with Gasteiger partial charge in [-0.1, -0.05) is 0 Å².